The zero-order valence-corrected chi connectivity index (χ0v) is 12.0. The Morgan fingerprint density at radius 3 is 2.27 bits per heavy atom. The van der Waals surface area contributed by atoms with E-state index >= 15 is 0 Å². The van der Waals surface area contributed by atoms with Crippen LogP contribution in [-0.4, -0.2) is 23.0 Å². The zero-order valence-electron chi connectivity index (χ0n) is 11.3. The van der Waals surface area contributed by atoms with Gasteiger partial charge in [0, 0.05) is 16.5 Å². The molecule has 2 atom stereocenters. The van der Waals surface area contributed by atoms with Crippen LogP contribution < -0.4 is 0 Å². The van der Waals surface area contributed by atoms with E-state index in [1.165, 1.54) is 18.2 Å². The minimum atomic E-state index is -4.37. The lowest BCUT2D eigenvalue weighted by atomic mass is 9.93. The molecule has 1 N–H and O–H groups in total. The first kappa shape index (κ1) is 15.3. The van der Waals surface area contributed by atoms with Crippen molar-refractivity contribution in [2.45, 2.75) is 30.9 Å². The summed E-state index contributed by atoms with van der Waals surface area (Å²) in [5, 5.41) is 8.73. The molecule has 0 aromatic heterocycles. The van der Waals surface area contributed by atoms with Gasteiger partial charge in [0.1, 0.15) is 0 Å². The average Bonchev–Trinajstić information content (AvgIpc) is 3.28. The molecule has 0 bridgehead atoms. The van der Waals surface area contributed by atoms with Crippen LogP contribution in [0.2, 0.25) is 5.02 Å². The molecule has 0 radical (unpaired) electrons. The summed E-state index contributed by atoms with van der Waals surface area (Å²) >= 11 is 5.96. The van der Waals surface area contributed by atoms with Crippen molar-refractivity contribution in [1.29, 1.82) is 0 Å². The summed E-state index contributed by atoms with van der Waals surface area (Å²) in [6, 6.07) is 3.78. The van der Waals surface area contributed by atoms with Crippen LogP contribution in [0.4, 0.5) is 13.2 Å². The molecule has 2 fully saturated rings. The zero-order chi connectivity index (χ0) is 16.3. The highest BCUT2D eigenvalue weighted by molar-refractivity contribution is 6.32. The van der Waals surface area contributed by atoms with E-state index in [-0.39, 0.29) is 41.2 Å². The second-order valence-corrected chi connectivity index (χ2v) is 6.33. The number of carbonyl (C=O) groups is 2. The minimum absolute atomic E-state index is 0.00672. The number of hydrogen-bond acceptors (Lipinski definition) is 2. The Balaban J connectivity index is 1.85. The van der Waals surface area contributed by atoms with Gasteiger partial charge in [-0.1, -0.05) is 23.7 Å². The number of carbonyl (C=O) groups excluding carboxylic acids is 1. The van der Waals surface area contributed by atoms with E-state index in [0.717, 1.165) is 0 Å². The van der Waals surface area contributed by atoms with Gasteiger partial charge in [-0.2, -0.15) is 13.2 Å². The van der Waals surface area contributed by atoms with Gasteiger partial charge in [-0.05, 0) is 30.9 Å². The van der Waals surface area contributed by atoms with Crippen molar-refractivity contribution in [1.82, 2.24) is 0 Å². The van der Waals surface area contributed by atoms with Crippen LogP contribution in [-0.2, 0) is 10.2 Å². The van der Waals surface area contributed by atoms with E-state index in [2.05, 4.69) is 0 Å². The molecule has 3 rings (SSSR count). The molecule has 1 aromatic rings. The molecule has 22 heavy (non-hydrogen) atoms. The van der Waals surface area contributed by atoms with Crippen LogP contribution in [0.15, 0.2) is 18.2 Å². The van der Waals surface area contributed by atoms with Crippen LogP contribution >= 0.6 is 11.6 Å². The summed E-state index contributed by atoms with van der Waals surface area (Å²) in [4.78, 5) is 22.9. The number of Topliss-reactive ketones (excluding diaryl/α,β-unsaturated/α-hetero) is 1. The van der Waals surface area contributed by atoms with E-state index in [0.29, 0.717) is 0 Å². The van der Waals surface area contributed by atoms with E-state index in [4.69, 9.17) is 16.7 Å². The molecule has 3 nitrogen and oxygen atoms in total. The number of halogens is 4. The molecule has 0 saturated heterocycles. The van der Waals surface area contributed by atoms with Gasteiger partial charge in [0.05, 0.1) is 11.3 Å². The predicted octanol–water partition coefficient (Wildman–Crippen LogP) is 3.84. The first-order chi connectivity index (χ1) is 10.2. The maximum atomic E-state index is 13.1. The number of aliphatic carboxylic acids is 1. The number of hydrogen-bond donors (Lipinski definition) is 1. The number of rotatable bonds is 4. The molecule has 0 aliphatic heterocycles. The quantitative estimate of drug-likeness (QED) is 0.852. The summed E-state index contributed by atoms with van der Waals surface area (Å²) in [6.07, 6.45) is -4.12. The maximum absolute atomic E-state index is 13.1. The summed E-state index contributed by atoms with van der Waals surface area (Å²) in [5.41, 5.74) is -1.74. The highest BCUT2D eigenvalue weighted by Gasteiger charge is 2.64. The van der Waals surface area contributed by atoms with Crippen LogP contribution in [0.3, 0.4) is 0 Å². The van der Waals surface area contributed by atoms with E-state index in [1.54, 1.807) is 0 Å². The standard InChI is InChI=1S/C15H12ClF3O3/c16-11-5-7(12(20)8-6-9(8)13(21)22)1-2-10(11)14(3-4-14)15(17,18)19/h1-2,5,8-9H,3-4,6H2,(H,21,22)/t8-,9-/m0/s1. The summed E-state index contributed by atoms with van der Waals surface area (Å²) < 4.78 is 39.3. The lowest BCUT2D eigenvalue weighted by Crippen LogP contribution is -2.29. The number of benzene rings is 1. The molecular formula is C15H12ClF3O3. The van der Waals surface area contributed by atoms with Gasteiger partial charge in [-0.25, -0.2) is 0 Å². The van der Waals surface area contributed by atoms with Gasteiger partial charge < -0.3 is 5.11 Å². The average molecular weight is 333 g/mol. The molecule has 2 aliphatic rings. The van der Waals surface area contributed by atoms with Crippen LogP contribution in [0.1, 0.15) is 35.2 Å². The van der Waals surface area contributed by atoms with Crippen molar-refractivity contribution in [2.24, 2.45) is 11.8 Å². The van der Waals surface area contributed by atoms with Crippen molar-refractivity contribution < 1.29 is 27.9 Å². The van der Waals surface area contributed by atoms with Gasteiger partial charge in [0.2, 0.25) is 0 Å². The first-order valence-electron chi connectivity index (χ1n) is 6.81. The molecule has 0 unspecified atom stereocenters. The number of alkyl halides is 3. The van der Waals surface area contributed by atoms with Crippen molar-refractivity contribution in [3.05, 3.63) is 34.3 Å². The molecule has 7 heteroatoms. The SMILES string of the molecule is O=C(O)[C@H]1C[C@@H]1C(=O)c1ccc(C2(C(F)(F)F)CC2)c(Cl)c1. The third kappa shape index (κ3) is 2.29. The normalized spacial score (nSPS) is 25.6. The Kier molecular flexibility index (Phi) is 3.29. The van der Waals surface area contributed by atoms with Gasteiger partial charge in [0.15, 0.2) is 5.78 Å². The highest BCUT2D eigenvalue weighted by atomic mass is 35.5. The largest absolute Gasteiger partial charge is 0.481 e. The molecular weight excluding hydrogens is 321 g/mol. The van der Waals surface area contributed by atoms with Crippen LogP contribution in [0.25, 0.3) is 0 Å². The van der Waals surface area contributed by atoms with Crippen molar-refractivity contribution in [2.75, 3.05) is 0 Å². The van der Waals surface area contributed by atoms with Crippen LogP contribution in [0.5, 0.6) is 0 Å². The van der Waals surface area contributed by atoms with E-state index < -0.39 is 29.4 Å². The molecule has 0 amide bonds. The van der Waals surface area contributed by atoms with Crippen molar-refractivity contribution >= 4 is 23.4 Å². The molecule has 2 aliphatic carbocycles. The summed E-state index contributed by atoms with van der Waals surface area (Å²) in [6.45, 7) is 0. The number of ketones is 1. The van der Waals surface area contributed by atoms with E-state index in [9.17, 15) is 22.8 Å². The summed E-state index contributed by atoms with van der Waals surface area (Å²) in [5.74, 6) is -2.71. The van der Waals surface area contributed by atoms with Crippen molar-refractivity contribution in [3.63, 3.8) is 0 Å². The first-order valence-corrected chi connectivity index (χ1v) is 7.19. The van der Waals surface area contributed by atoms with Gasteiger partial charge in [-0.15, -0.1) is 0 Å². The third-order valence-electron chi connectivity index (χ3n) is 4.51. The topological polar surface area (TPSA) is 54.4 Å². The van der Waals surface area contributed by atoms with Crippen molar-refractivity contribution in [3.8, 4) is 0 Å². The summed E-state index contributed by atoms with van der Waals surface area (Å²) in [7, 11) is 0. The third-order valence-corrected chi connectivity index (χ3v) is 4.82. The Labute approximate surface area is 129 Å². The van der Waals surface area contributed by atoms with Gasteiger partial charge in [0.25, 0.3) is 0 Å². The smallest absolute Gasteiger partial charge is 0.398 e. The Hall–Kier alpha value is -1.56. The fraction of sp³-hybridized carbons (Fsp3) is 0.467. The Bertz CT molecular complexity index is 664. The lowest BCUT2D eigenvalue weighted by Gasteiger charge is -2.21. The second-order valence-electron chi connectivity index (χ2n) is 5.93. The Morgan fingerprint density at radius 1 is 1.23 bits per heavy atom. The number of carboxylic acid groups (broad SMARTS) is 1. The molecule has 118 valence electrons. The second kappa shape index (κ2) is 4.72. The highest BCUT2D eigenvalue weighted by Crippen LogP contribution is 2.60. The van der Waals surface area contributed by atoms with Crippen LogP contribution in [0, 0.1) is 11.8 Å². The monoisotopic (exact) mass is 332 g/mol. The molecule has 2 saturated carbocycles. The fourth-order valence-electron chi connectivity index (χ4n) is 2.86. The predicted molar refractivity (Wildman–Crippen MR) is 72.0 cm³/mol. The molecule has 0 heterocycles. The molecule has 0 spiro atoms. The van der Waals surface area contributed by atoms with Gasteiger partial charge in [-0.3, -0.25) is 9.59 Å². The maximum Gasteiger partial charge on any atom is 0.398 e. The fourth-order valence-corrected chi connectivity index (χ4v) is 3.22. The Morgan fingerprint density at radius 2 is 1.86 bits per heavy atom. The van der Waals surface area contributed by atoms with Gasteiger partial charge >= 0.3 is 12.1 Å². The minimum Gasteiger partial charge on any atom is -0.481 e. The molecule has 1 aromatic carbocycles. The number of carboxylic acids is 1. The lowest BCUT2D eigenvalue weighted by molar-refractivity contribution is -0.160. The van der Waals surface area contributed by atoms with E-state index in [1.807, 2.05) is 0 Å².